The Bertz CT molecular complexity index is 1340. The molecule has 3 rings (SSSR count). The van der Waals surface area contributed by atoms with Crippen molar-refractivity contribution < 1.29 is 65.0 Å². The van der Waals surface area contributed by atoms with Gasteiger partial charge in [0.15, 0.2) is 16.9 Å². The van der Waals surface area contributed by atoms with Crippen LogP contribution in [0.3, 0.4) is 0 Å². The van der Waals surface area contributed by atoms with Gasteiger partial charge in [0.1, 0.15) is 12.9 Å². The van der Waals surface area contributed by atoms with Crippen LogP contribution in [0.2, 0.25) is 0 Å². The summed E-state index contributed by atoms with van der Waals surface area (Å²) in [6.45, 7) is -1.88. The molecule has 0 spiro atoms. The van der Waals surface area contributed by atoms with Gasteiger partial charge in [0.25, 0.3) is 5.56 Å². The van der Waals surface area contributed by atoms with Crippen LogP contribution in [0.15, 0.2) is 16.9 Å². The SMILES string of the molecule is Nc1nc2c(ncn2C2=C(O)[C@H](F)[C@@](F)(COP(=O)(O)OP(=O)(O)OP(=O)(O)O)O2)c(=O)[nH]1. The van der Waals surface area contributed by atoms with Crippen LogP contribution in [0, 0.1) is 0 Å². The van der Waals surface area contributed by atoms with Gasteiger partial charge in [-0.2, -0.15) is 18.0 Å². The number of aromatic nitrogens is 4. The van der Waals surface area contributed by atoms with Gasteiger partial charge in [-0.1, -0.05) is 0 Å². The van der Waals surface area contributed by atoms with Gasteiger partial charge in [-0.3, -0.25) is 14.3 Å². The van der Waals surface area contributed by atoms with Gasteiger partial charge in [-0.25, -0.2) is 27.6 Å². The summed E-state index contributed by atoms with van der Waals surface area (Å²) >= 11 is 0. The standard InChI is InChI=1S/C10H12F2N5O13P3/c11-5-4(18)8(17-2-14-3-6(17)15-9(13)16-7(3)19)28-10(5,12)1-27-32(23,24)30-33(25,26)29-31(20,21)22/h2,5,18H,1H2,(H,23,24)(H,25,26)(H2,20,21,22)(H3,13,15,16,19)/t5-,10+/m0/s1. The number of phosphoric acid groups is 3. The topological polar surface area (TPSA) is 279 Å². The van der Waals surface area contributed by atoms with E-state index in [1.54, 1.807) is 0 Å². The fraction of sp³-hybridized carbons (Fsp3) is 0.300. The molecule has 0 aliphatic carbocycles. The number of aromatic amines is 1. The number of nitrogens with zero attached hydrogens (tertiary/aromatic N) is 3. The van der Waals surface area contributed by atoms with E-state index in [0.29, 0.717) is 4.57 Å². The number of imidazole rings is 1. The van der Waals surface area contributed by atoms with Crippen molar-refractivity contribution in [3.05, 3.63) is 22.4 Å². The van der Waals surface area contributed by atoms with E-state index < -0.39 is 70.9 Å². The molecule has 3 heterocycles. The fourth-order valence-corrected chi connectivity index (χ4v) is 5.43. The Kier molecular flexibility index (Phi) is 6.31. The molecule has 1 aliphatic rings. The number of H-pyrrole nitrogens is 1. The lowest BCUT2D eigenvalue weighted by Gasteiger charge is -2.23. The van der Waals surface area contributed by atoms with Crippen molar-refractivity contribution in [3.63, 3.8) is 0 Å². The van der Waals surface area contributed by atoms with Gasteiger partial charge in [0.2, 0.25) is 18.0 Å². The number of phosphoric ester groups is 1. The monoisotopic (exact) mass is 541 g/mol. The molecule has 0 saturated carbocycles. The smallest absolute Gasteiger partial charge is 0.490 e. The van der Waals surface area contributed by atoms with E-state index in [1.165, 1.54) is 0 Å². The van der Waals surface area contributed by atoms with Crippen molar-refractivity contribution in [2.75, 3.05) is 12.3 Å². The van der Waals surface area contributed by atoms with Crippen LogP contribution in [-0.4, -0.2) is 62.8 Å². The van der Waals surface area contributed by atoms with Crippen molar-refractivity contribution in [2.45, 2.75) is 12.0 Å². The van der Waals surface area contributed by atoms with Gasteiger partial charge in [0, 0.05) is 0 Å². The minimum absolute atomic E-state index is 0.367. The second-order valence-electron chi connectivity index (χ2n) is 6.04. The maximum Gasteiger partial charge on any atom is 0.490 e. The predicted octanol–water partition coefficient (Wildman–Crippen LogP) is -0.237. The number of fused-ring (bicyclic) bond motifs is 1. The molecule has 0 aromatic carbocycles. The van der Waals surface area contributed by atoms with Crippen molar-refractivity contribution in [1.82, 2.24) is 19.5 Å². The number of aliphatic hydroxyl groups is 1. The molecular weight excluding hydrogens is 529 g/mol. The molecule has 18 nitrogen and oxygen atoms in total. The minimum Gasteiger partial charge on any atom is -0.505 e. The molecule has 0 saturated heterocycles. The van der Waals surface area contributed by atoms with Gasteiger partial charge in [0.05, 0.1) is 0 Å². The van der Waals surface area contributed by atoms with Crippen LogP contribution in [0.4, 0.5) is 14.7 Å². The quantitative estimate of drug-likeness (QED) is 0.212. The van der Waals surface area contributed by atoms with Crippen molar-refractivity contribution in [3.8, 4) is 0 Å². The first-order valence-electron chi connectivity index (χ1n) is 7.90. The third kappa shape index (κ3) is 5.47. The number of aliphatic hydroxyl groups excluding tert-OH is 1. The molecule has 184 valence electrons. The lowest BCUT2D eigenvalue weighted by molar-refractivity contribution is -0.143. The second-order valence-corrected chi connectivity index (χ2v) is 10.5. The highest BCUT2D eigenvalue weighted by Gasteiger charge is 2.55. The molecule has 33 heavy (non-hydrogen) atoms. The minimum atomic E-state index is -5.92. The zero-order valence-corrected chi connectivity index (χ0v) is 18.1. The predicted molar refractivity (Wildman–Crippen MR) is 98.0 cm³/mol. The van der Waals surface area contributed by atoms with E-state index in [-0.39, 0.29) is 5.52 Å². The van der Waals surface area contributed by atoms with Gasteiger partial charge in [-0.15, -0.1) is 0 Å². The van der Waals surface area contributed by atoms with Crippen molar-refractivity contribution >= 4 is 46.5 Å². The molecule has 2 aromatic rings. The summed E-state index contributed by atoms with van der Waals surface area (Å²) in [6.07, 6.45) is -2.31. The molecule has 1 aliphatic heterocycles. The van der Waals surface area contributed by atoms with Crippen LogP contribution in [0.25, 0.3) is 17.0 Å². The largest absolute Gasteiger partial charge is 0.505 e. The van der Waals surface area contributed by atoms with Crippen molar-refractivity contribution in [1.29, 1.82) is 0 Å². The highest BCUT2D eigenvalue weighted by Crippen LogP contribution is 2.66. The first kappa shape index (κ1) is 25.4. The van der Waals surface area contributed by atoms with Gasteiger partial charge < -0.3 is 35.2 Å². The number of anilines is 1. The highest BCUT2D eigenvalue weighted by molar-refractivity contribution is 7.66. The fourth-order valence-electron chi connectivity index (χ4n) is 2.40. The molecule has 8 N–H and O–H groups in total. The normalized spacial score (nSPS) is 25.1. The summed E-state index contributed by atoms with van der Waals surface area (Å²) in [7, 11) is -17.4. The average molecular weight is 541 g/mol. The Morgan fingerprint density at radius 2 is 1.88 bits per heavy atom. The Morgan fingerprint density at radius 1 is 1.24 bits per heavy atom. The number of nitrogen functional groups attached to an aromatic ring is 1. The van der Waals surface area contributed by atoms with E-state index in [0.717, 1.165) is 6.33 Å². The Labute approximate surface area is 178 Å². The number of ether oxygens (including phenoxy) is 1. The molecule has 0 bridgehead atoms. The second kappa shape index (κ2) is 8.21. The summed E-state index contributed by atoms with van der Waals surface area (Å²) in [5, 5.41) is 9.94. The number of hydrogen-bond donors (Lipinski definition) is 7. The van der Waals surface area contributed by atoms with Crippen LogP contribution < -0.4 is 11.3 Å². The number of alkyl halides is 2. The van der Waals surface area contributed by atoms with E-state index in [4.69, 9.17) is 20.4 Å². The lowest BCUT2D eigenvalue weighted by Crippen LogP contribution is -2.38. The zero-order chi connectivity index (χ0) is 25.0. The van der Waals surface area contributed by atoms with E-state index in [9.17, 15) is 37.3 Å². The Balaban J connectivity index is 1.81. The van der Waals surface area contributed by atoms with Crippen molar-refractivity contribution in [2.24, 2.45) is 0 Å². The van der Waals surface area contributed by atoms with Gasteiger partial charge >= 0.3 is 29.3 Å². The van der Waals surface area contributed by atoms with Gasteiger partial charge in [-0.05, 0) is 0 Å². The van der Waals surface area contributed by atoms with Crippen LogP contribution in [-0.2, 0) is 31.6 Å². The maximum atomic E-state index is 14.9. The molecule has 0 amide bonds. The molecule has 0 fully saturated rings. The summed E-state index contributed by atoms with van der Waals surface area (Å²) in [4.78, 5) is 56.5. The summed E-state index contributed by atoms with van der Waals surface area (Å²) in [5.74, 6) is -6.63. The Morgan fingerprint density at radius 3 is 2.48 bits per heavy atom. The highest BCUT2D eigenvalue weighted by atomic mass is 31.3. The molecule has 4 atom stereocenters. The molecule has 2 unspecified atom stereocenters. The molecule has 23 heteroatoms. The van der Waals surface area contributed by atoms with Crippen LogP contribution in [0.1, 0.15) is 0 Å². The summed E-state index contributed by atoms with van der Waals surface area (Å²) in [6, 6.07) is 0. The first-order valence-corrected chi connectivity index (χ1v) is 12.4. The zero-order valence-electron chi connectivity index (χ0n) is 15.4. The summed E-state index contributed by atoms with van der Waals surface area (Å²) < 4.78 is 79.0. The number of halogens is 2. The lowest BCUT2D eigenvalue weighted by atomic mass is 10.2. The molecular formula is C10H12F2N5O13P3. The number of nitrogens with two attached hydrogens (primary N) is 1. The van der Waals surface area contributed by atoms with Crippen LogP contribution in [0.5, 0.6) is 0 Å². The number of rotatable bonds is 8. The van der Waals surface area contributed by atoms with E-state index in [1.807, 2.05) is 0 Å². The first-order chi connectivity index (χ1) is 14.9. The average Bonchev–Trinajstić information content (AvgIpc) is 3.12. The maximum absolute atomic E-state index is 14.9. The van der Waals surface area contributed by atoms with E-state index >= 15 is 0 Å². The van der Waals surface area contributed by atoms with E-state index in [2.05, 4.69) is 32.8 Å². The number of hydrogen-bond acceptors (Lipinski definition) is 12. The van der Waals surface area contributed by atoms with Crippen LogP contribution >= 0.6 is 23.5 Å². The Hall–Kier alpha value is -2.24. The number of nitrogens with one attached hydrogen (secondary N) is 1. The third-order valence-electron chi connectivity index (χ3n) is 3.59. The molecule has 0 radical (unpaired) electrons. The molecule has 2 aromatic heterocycles. The third-order valence-corrected chi connectivity index (χ3v) is 7.37. The summed E-state index contributed by atoms with van der Waals surface area (Å²) in [5.41, 5.74) is 3.77.